The van der Waals surface area contributed by atoms with E-state index in [2.05, 4.69) is 4.98 Å². The van der Waals surface area contributed by atoms with Gasteiger partial charge in [0.2, 0.25) is 5.95 Å². The summed E-state index contributed by atoms with van der Waals surface area (Å²) in [5.74, 6) is -0.633. The van der Waals surface area contributed by atoms with Crippen molar-refractivity contribution in [3.05, 3.63) is 17.7 Å². The normalized spacial score (nSPS) is 21.3. The van der Waals surface area contributed by atoms with Crippen molar-refractivity contribution in [3.8, 4) is 0 Å². The molecule has 0 spiro atoms. The molecule has 0 atom stereocenters. The molecule has 98 valence electrons. The molecule has 0 radical (unpaired) electrons. The van der Waals surface area contributed by atoms with E-state index < -0.39 is 24.3 Å². The van der Waals surface area contributed by atoms with Gasteiger partial charge in [0.1, 0.15) is 0 Å². The van der Waals surface area contributed by atoms with Crippen LogP contribution in [0.4, 0.5) is 10.1 Å². The number of nitrogen functional groups attached to an aromatic ring is 1. The molecule has 1 aromatic rings. The fourth-order valence-corrected chi connectivity index (χ4v) is 1.86. The number of nitrogens with zero attached hydrogens (tertiary/aromatic N) is 1. The first-order valence-electron chi connectivity index (χ1n) is 5.92. The highest BCUT2D eigenvalue weighted by Crippen LogP contribution is 2.37. The SMILES string of the molecule is Cc1cc(N)c(B2OC(C)(C)C(C)(C)O2)c(F)n1. The zero-order chi connectivity index (χ0) is 13.7. The molecule has 4 nitrogen and oxygen atoms in total. The van der Waals surface area contributed by atoms with Crippen molar-refractivity contribution in [2.45, 2.75) is 45.8 Å². The quantitative estimate of drug-likeness (QED) is 0.606. The Balaban J connectivity index is 2.42. The van der Waals surface area contributed by atoms with Crippen LogP contribution in [0.3, 0.4) is 0 Å². The number of nitrogens with two attached hydrogens (primary N) is 1. The first-order chi connectivity index (χ1) is 8.14. The van der Waals surface area contributed by atoms with E-state index in [0.717, 1.165) is 0 Å². The fourth-order valence-electron chi connectivity index (χ4n) is 1.86. The summed E-state index contributed by atoms with van der Waals surface area (Å²) in [7, 11) is -0.817. The number of pyridine rings is 1. The van der Waals surface area contributed by atoms with Gasteiger partial charge in [-0.1, -0.05) is 0 Å². The third-order valence-electron chi connectivity index (χ3n) is 3.66. The van der Waals surface area contributed by atoms with E-state index in [1.54, 1.807) is 13.0 Å². The van der Waals surface area contributed by atoms with E-state index in [0.29, 0.717) is 11.4 Å². The molecule has 0 unspecified atom stereocenters. The monoisotopic (exact) mass is 252 g/mol. The number of aromatic nitrogens is 1. The molecule has 6 heteroatoms. The van der Waals surface area contributed by atoms with Crippen LogP contribution in [0.2, 0.25) is 0 Å². The second-order valence-corrected chi connectivity index (χ2v) is 5.65. The van der Waals surface area contributed by atoms with Crippen LogP contribution in [-0.2, 0) is 9.31 Å². The van der Waals surface area contributed by atoms with Crippen LogP contribution in [0, 0.1) is 12.9 Å². The van der Waals surface area contributed by atoms with Crippen molar-refractivity contribution in [2.24, 2.45) is 0 Å². The number of hydrogen-bond donors (Lipinski definition) is 1. The van der Waals surface area contributed by atoms with E-state index in [1.807, 2.05) is 27.7 Å². The first kappa shape index (κ1) is 13.3. The fraction of sp³-hybridized carbons (Fsp3) is 0.583. The standard InChI is InChI=1S/C12H18BFN2O2/c1-7-6-8(15)9(10(14)16-7)13-17-11(2,3)12(4,5)18-13/h6H,1-5H3,(H2,15,16). The molecule has 0 saturated carbocycles. The van der Waals surface area contributed by atoms with Gasteiger partial charge in [0.25, 0.3) is 0 Å². The minimum atomic E-state index is -0.817. The summed E-state index contributed by atoms with van der Waals surface area (Å²) in [4.78, 5) is 3.77. The summed E-state index contributed by atoms with van der Waals surface area (Å²) >= 11 is 0. The summed E-state index contributed by atoms with van der Waals surface area (Å²) in [6.07, 6.45) is 0. The zero-order valence-corrected chi connectivity index (χ0v) is 11.4. The molecule has 0 aliphatic carbocycles. The molecule has 18 heavy (non-hydrogen) atoms. The van der Waals surface area contributed by atoms with Gasteiger partial charge in [-0.15, -0.1) is 0 Å². The molecule has 1 saturated heterocycles. The predicted molar refractivity (Wildman–Crippen MR) is 69.1 cm³/mol. The lowest BCUT2D eigenvalue weighted by molar-refractivity contribution is 0.00578. The second kappa shape index (κ2) is 3.93. The van der Waals surface area contributed by atoms with E-state index >= 15 is 0 Å². The average molecular weight is 252 g/mol. The van der Waals surface area contributed by atoms with Crippen molar-refractivity contribution in [2.75, 3.05) is 5.73 Å². The van der Waals surface area contributed by atoms with E-state index in [-0.39, 0.29) is 5.46 Å². The highest BCUT2D eigenvalue weighted by atomic mass is 19.1. The Morgan fingerprint density at radius 1 is 1.22 bits per heavy atom. The van der Waals surface area contributed by atoms with Gasteiger partial charge in [0.05, 0.1) is 16.7 Å². The molecule has 1 aromatic heterocycles. The summed E-state index contributed by atoms with van der Waals surface area (Å²) in [6, 6.07) is 1.61. The Morgan fingerprint density at radius 3 is 2.17 bits per heavy atom. The molecular formula is C12H18BFN2O2. The van der Waals surface area contributed by atoms with E-state index in [1.165, 1.54) is 0 Å². The first-order valence-corrected chi connectivity index (χ1v) is 5.92. The molecule has 2 rings (SSSR count). The molecule has 0 aromatic carbocycles. The summed E-state index contributed by atoms with van der Waals surface area (Å²) in [5, 5.41) is 0. The van der Waals surface area contributed by atoms with Crippen LogP contribution in [0.1, 0.15) is 33.4 Å². The zero-order valence-electron chi connectivity index (χ0n) is 11.4. The highest BCUT2D eigenvalue weighted by Gasteiger charge is 2.53. The molecule has 1 aliphatic heterocycles. The number of halogens is 1. The molecule has 0 bridgehead atoms. The van der Waals surface area contributed by atoms with Gasteiger partial charge in [0, 0.05) is 11.4 Å². The van der Waals surface area contributed by atoms with Crippen molar-refractivity contribution < 1.29 is 13.7 Å². The van der Waals surface area contributed by atoms with Crippen LogP contribution in [-0.4, -0.2) is 23.3 Å². The average Bonchev–Trinajstić information content (AvgIpc) is 2.32. The maximum Gasteiger partial charge on any atom is 0.501 e. The van der Waals surface area contributed by atoms with Gasteiger partial charge in [-0.05, 0) is 40.7 Å². The minimum Gasteiger partial charge on any atom is -0.399 e. The second-order valence-electron chi connectivity index (χ2n) is 5.65. The minimum absolute atomic E-state index is 0.180. The lowest BCUT2D eigenvalue weighted by atomic mass is 9.78. The van der Waals surface area contributed by atoms with Gasteiger partial charge in [0.15, 0.2) is 0 Å². The third-order valence-corrected chi connectivity index (χ3v) is 3.66. The predicted octanol–water partition coefficient (Wildman–Crippen LogP) is 1.41. The summed E-state index contributed by atoms with van der Waals surface area (Å²) in [6.45, 7) is 9.31. The Bertz CT molecular complexity index is 452. The van der Waals surface area contributed by atoms with Crippen LogP contribution in [0.5, 0.6) is 0 Å². The lowest BCUT2D eigenvalue weighted by Gasteiger charge is -2.32. The Labute approximate surface area is 107 Å². The Kier molecular flexibility index (Phi) is 2.90. The summed E-state index contributed by atoms with van der Waals surface area (Å²) < 4.78 is 25.5. The van der Waals surface area contributed by atoms with Crippen molar-refractivity contribution in [1.29, 1.82) is 0 Å². The summed E-state index contributed by atoms with van der Waals surface area (Å²) in [5.41, 5.74) is 5.80. The smallest absolute Gasteiger partial charge is 0.399 e. The van der Waals surface area contributed by atoms with Crippen LogP contribution < -0.4 is 11.2 Å². The number of anilines is 1. The molecule has 1 fully saturated rings. The van der Waals surface area contributed by atoms with Gasteiger partial charge in [-0.25, -0.2) is 4.98 Å². The van der Waals surface area contributed by atoms with Gasteiger partial charge in [-0.2, -0.15) is 4.39 Å². The largest absolute Gasteiger partial charge is 0.501 e. The number of hydrogen-bond acceptors (Lipinski definition) is 4. The van der Waals surface area contributed by atoms with Crippen molar-refractivity contribution in [1.82, 2.24) is 4.98 Å². The molecular weight excluding hydrogens is 234 g/mol. The number of aryl methyl sites for hydroxylation is 1. The van der Waals surface area contributed by atoms with Gasteiger partial charge < -0.3 is 15.0 Å². The Hall–Kier alpha value is -1.14. The van der Waals surface area contributed by atoms with Gasteiger partial charge in [-0.3, -0.25) is 0 Å². The lowest BCUT2D eigenvalue weighted by Crippen LogP contribution is -2.41. The van der Waals surface area contributed by atoms with Crippen molar-refractivity contribution >= 4 is 18.3 Å². The Morgan fingerprint density at radius 2 is 1.72 bits per heavy atom. The van der Waals surface area contributed by atoms with E-state index in [4.69, 9.17) is 15.0 Å². The molecule has 2 N–H and O–H groups in total. The topological polar surface area (TPSA) is 57.4 Å². The molecule has 0 amide bonds. The van der Waals surface area contributed by atoms with Crippen LogP contribution in [0.25, 0.3) is 0 Å². The van der Waals surface area contributed by atoms with Crippen LogP contribution >= 0.6 is 0 Å². The number of rotatable bonds is 1. The molecule has 1 aliphatic rings. The maximum absolute atomic E-state index is 13.9. The van der Waals surface area contributed by atoms with Gasteiger partial charge >= 0.3 is 7.12 Å². The third kappa shape index (κ3) is 1.99. The van der Waals surface area contributed by atoms with Crippen LogP contribution in [0.15, 0.2) is 6.07 Å². The van der Waals surface area contributed by atoms with E-state index in [9.17, 15) is 4.39 Å². The highest BCUT2D eigenvalue weighted by molar-refractivity contribution is 6.63. The maximum atomic E-state index is 13.9. The molecule has 2 heterocycles. The van der Waals surface area contributed by atoms with Crippen molar-refractivity contribution in [3.63, 3.8) is 0 Å².